The van der Waals surface area contributed by atoms with Crippen LogP contribution in [0.25, 0.3) is 11.3 Å². The minimum Gasteiger partial charge on any atom is -0.507 e. The maximum Gasteiger partial charge on any atom is 0.410 e. The van der Waals surface area contributed by atoms with E-state index in [1.165, 1.54) is 0 Å². The lowest BCUT2D eigenvalue weighted by Gasteiger charge is -2.34. The first kappa shape index (κ1) is 29.8. The summed E-state index contributed by atoms with van der Waals surface area (Å²) >= 11 is 0. The molecule has 0 bridgehead atoms. The number of nitrogen functional groups attached to an aromatic ring is 1. The highest BCUT2D eigenvalue weighted by molar-refractivity contribution is 5.74. The van der Waals surface area contributed by atoms with Crippen molar-refractivity contribution in [2.24, 2.45) is 0 Å². The van der Waals surface area contributed by atoms with E-state index in [0.717, 1.165) is 57.2 Å². The van der Waals surface area contributed by atoms with Gasteiger partial charge >= 0.3 is 6.09 Å². The number of carbonyl (C=O) groups is 1. The third kappa shape index (κ3) is 7.81. The van der Waals surface area contributed by atoms with E-state index in [4.69, 9.17) is 15.5 Å². The minimum absolute atomic E-state index is 0.151. The molecule has 3 aromatic rings. The number of amides is 1. The average molecular weight is 586 g/mol. The van der Waals surface area contributed by atoms with Gasteiger partial charge in [0.05, 0.1) is 17.9 Å². The number of nitrogens with zero attached hydrogens (tertiary/aromatic N) is 8. The summed E-state index contributed by atoms with van der Waals surface area (Å²) in [6.45, 7) is 12.0. The summed E-state index contributed by atoms with van der Waals surface area (Å²) in [5.41, 5.74) is 7.74. The molecule has 226 valence electrons. The van der Waals surface area contributed by atoms with Gasteiger partial charge in [-0.1, -0.05) is 18.1 Å². The maximum absolute atomic E-state index is 12.3. The summed E-state index contributed by atoms with van der Waals surface area (Å²) in [4.78, 5) is 29.8. The monoisotopic (exact) mass is 585 g/mol. The second-order valence-corrected chi connectivity index (χ2v) is 11.6. The molecule has 12 heteroatoms. The number of phenolic OH excluding ortho intramolecular Hbond substituents is 1. The number of anilines is 3. The largest absolute Gasteiger partial charge is 0.507 e. The van der Waals surface area contributed by atoms with Crippen LogP contribution >= 0.6 is 0 Å². The van der Waals surface area contributed by atoms with Crippen molar-refractivity contribution in [3.8, 4) is 28.8 Å². The predicted octanol–water partition coefficient (Wildman–Crippen LogP) is 2.84. The van der Waals surface area contributed by atoms with Gasteiger partial charge < -0.3 is 30.3 Å². The van der Waals surface area contributed by atoms with Gasteiger partial charge in [0.25, 0.3) is 0 Å². The lowest BCUT2D eigenvalue weighted by atomic mass is 10.1. The fourth-order valence-electron chi connectivity index (χ4n) is 5.08. The zero-order chi connectivity index (χ0) is 30.4. The lowest BCUT2D eigenvalue weighted by Crippen LogP contribution is -2.50. The first-order valence-electron chi connectivity index (χ1n) is 14.6. The molecule has 4 heterocycles. The van der Waals surface area contributed by atoms with Gasteiger partial charge in [-0.05, 0) is 57.4 Å². The quantitative estimate of drug-likeness (QED) is 0.437. The third-order valence-corrected chi connectivity index (χ3v) is 7.31. The number of hydrogen-bond acceptors (Lipinski definition) is 11. The smallest absolute Gasteiger partial charge is 0.410 e. The van der Waals surface area contributed by atoms with E-state index in [1.807, 2.05) is 45.0 Å². The Morgan fingerprint density at radius 3 is 2.51 bits per heavy atom. The fraction of sp³-hybridized carbons (Fsp3) is 0.452. The van der Waals surface area contributed by atoms with Crippen LogP contribution in [0.3, 0.4) is 0 Å². The van der Waals surface area contributed by atoms with Crippen molar-refractivity contribution in [3.05, 3.63) is 48.4 Å². The number of nitrogens with two attached hydrogens (primary N) is 1. The van der Waals surface area contributed by atoms with E-state index in [9.17, 15) is 9.90 Å². The molecule has 2 aliphatic rings. The van der Waals surface area contributed by atoms with Gasteiger partial charge in [-0.2, -0.15) is 0 Å². The van der Waals surface area contributed by atoms with Crippen molar-refractivity contribution in [3.63, 3.8) is 0 Å². The molecule has 1 amide bonds. The number of carbonyl (C=O) groups excluding carboxylic acids is 1. The van der Waals surface area contributed by atoms with Crippen LogP contribution in [0.2, 0.25) is 0 Å². The summed E-state index contributed by atoms with van der Waals surface area (Å²) in [5.74, 6) is 8.14. The Bertz CT molecular complexity index is 1490. The number of para-hydroxylation sites is 1. The van der Waals surface area contributed by atoms with Crippen LogP contribution in [0.15, 0.2) is 42.6 Å². The van der Waals surface area contributed by atoms with E-state index < -0.39 is 5.60 Å². The average Bonchev–Trinajstić information content (AvgIpc) is 3.24. The van der Waals surface area contributed by atoms with E-state index in [-0.39, 0.29) is 11.8 Å². The van der Waals surface area contributed by atoms with Crippen LogP contribution in [0, 0.1) is 11.8 Å². The first-order valence-corrected chi connectivity index (χ1v) is 14.6. The highest BCUT2D eigenvalue weighted by atomic mass is 16.6. The molecule has 2 fully saturated rings. The Kier molecular flexibility index (Phi) is 9.11. The molecular formula is C31H39N9O3. The zero-order valence-electron chi connectivity index (χ0n) is 25.0. The van der Waals surface area contributed by atoms with Gasteiger partial charge in [-0.25, -0.2) is 14.8 Å². The number of phenols is 1. The Morgan fingerprint density at radius 2 is 1.74 bits per heavy atom. The molecule has 0 atom stereocenters. The Morgan fingerprint density at radius 1 is 1.00 bits per heavy atom. The number of piperazine rings is 1. The number of aromatic hydroxyl groups is 1. The van der Waals surface area contributed by atoms with Crippen LogP contribution < -0.4 is 15.5 Å². The Labute approximate surface area is 252 Å². The van der Waals surface area contributed by atoms with Crippen LogP contribution in [0.4, 0.5) is 22.1 Å². The molecule has 2 saturated heterocycles. The normalized spacial score (nSPS) is 16.3. The molecule has 0 spiro atoms. The molecule has 0 radical (unpaired) electrons. The molecule has 0 saturated carbocycles. The van der Waals surface area contributed by atoms with Crippen molar-refractivity contribution in [2.75, 3.05) is 74.4 Å². The van der Waals surface area contributed by atoms with E-state index >= 15 is 0 Å². The second-order valence-electron chi connectivity index (χ2n) is 11.6. The molecule has 43 heavy (non-hydrogen) atoms. The van der Waals surface area contributed by atoms with Crippen LogP contribution in [0.1, 0.15) is 33.0 Å². The number of rotatable bonds is 4. The van der Waals surface area contributed by atoms with Gasteiger partial charge in [0.15, 0.2) is 5.82 Å². The van der Waals surface area contributed by atoms with E-state index in [0.29, 0.717) is 42.5 Å². The molecule has 0 aliphatic carbocycles. The van der Waals surface area contributed by atoms with E-state index in [1.54, 1.807) is 23.2 Å². The maximum atomic E-state index is 12.3. The summed E-state index contributed by atoms with van der Waals surface area (Å²) in [6.07, 6.45) is 2.38. The number of hydrogen-bond donors (Lipinski definition) is 2. The van der Waals surface area contributed by atoms with Crippen molar-refractivity contribution in [1.82, 2.24) is 30.0 Å². The molecule has 5 rings (SSSR count). The van der Waals surface area contributed by atoms with Crippen LogP contribution in [-0.2, 0) is 4.74 Å². The Hall–Kier alpha value is -4.63. The highest BCUT2D eigenvalue weighted by Gasteiger charge is 2.25. The van der Waals surface area contributed by atoms with Crippen molar-refractivity contribution in [2.45, 2.75) is 32.8 Å². The summed E-state index contributed by atoms with van der Waals surface area (Å²) in [6, 6.07) is 10.9. The van der Waals surface area contributed by atoms with Crippen LogP contribution in [0.5, 0.6) is 5.75 Å². The molecule has 2 aromatic heterocycles. The van der Waals surface area contributed by atoms with Crippen molar-refractivity contribution in [1.29, 1.82) is 0 Å². The highest BCUT2D eigenvalue weighted by Crippen LogP contribution is 2.31. The summed E-state index contributed by atoms with van der Waals surface area (Å²) in [5, 5.41) is 18.7. The third-order valence-electron chi connectivity index (χ3n) is 7.31. The lowest BCUT2D eigenvalue weighted by molar-refractivity contribution is 0.0155. The SMILES string of the molecule is CC(C)(C)OC(=O)N1CCN(CC#Cc2nccc(N3CCCN(c4cc(-c5ccccc5O)nnc4N)CC3)n2)CC1. The minimum atomic E-state index is -0.496. The first-order chi connectivity index (χ1) is 20.7. The standard InChI is InChI=1S/C31H39N9O3/c1-31(2,3)43-30(42)40-18-16-37(17-19-40)13-6-10-27-33-12-11-28(34-27)39-15-7-14-38(20-21-39)25-22-24(35-36-29(25)32)23-8-4-5-9-26(23)41/h4-5,8-9,11-12,22,41H,7,13-21H2,1-3H3,(H2,32,36). The van der Waals surface area contributed by atoms with Gasteiger partial charge in [-0.3, -0.25) is 4.90 Å². The fourth-order valence-corrected chi connectivity index (χ4v) is 5.08. The van der Waals surface area contributed by atoms with Gasteiger partial charge in [0.2, 0.25) is 5.82 Å². The molecule has 1 aromatic carbocycles. The summed E-state index contributed by atoms with van der Waals surface area (Å²) < 4.78 is 5.48. The molecule has 3 N–H and O–H groups in total. The second kappa shape index (κ2) is 13.1. The van der Waals surface area contributed by atoms with Crippen LogP contribution in [-0.4, -0.2) is 106 Å². The van der Waals surface area contributed by atoms with E-state index in [2.05, 4.69) is 41.7 Å². The van der Waals surface area contributed by atoms with Gasteiger partial charge in [0, 0.05) is 64.1 Å². The van der Waals surface area contributed by atoms with Crippen molar-refractivity contribution < 1.29 is 14.6 Å². The van der Waals surface area contributed by atoms with Crippen molar-refractivity contribution >= 4 is 23.4 Å². The molecular weight excluding hydrogens is 546 g/mol. The Balaban J connectivity index is 1.17. The summed E-state index contributed by atoms with van der Waals surface area (Å²) in [7, 11) is 0. The number of aromatic nitrogens is 4. The number of benzene rings is 1. The topological polar surface area (TPSA) is 137 Å². The molecule has 0 unspecified atom stereocenters. The number of ether oxygens (including phenoxy) is 1. The zero-order valence-corrected chi connectivity index (χ0v) is 25.0. The molecule has 2 aliphatic heterocycles. The molecule has 12 nitrogen and oxygen atoms in total. The van der Waals surface area contributed by atoms with Gasteiger partial charge in [0.1, 0.15) is 17.2 Å². The predicted molar refractivity (Wildman–Crippen MR) is 166 cm³/mol. The van der Waals surface area contributed by atoms with Gasteiger partial charge in [-0.15, -0.1) is 10.2 Å².